The predicted octanol–water partition coefficient (Wildman–Crippen LogP) is 5.31. The number of ketones is 1. The highest BCUT2D eigenvalue weighted by molar-refractivity contribution is 6.42. The van der Waals surface area contributed by atoms with Gasteiger partial charge in [0.2, 0.25) is 5.95 Å². The van der Waals surface area contributed by atoms with Gasteiger partial charge in [0.1, 0.15) is 6.04 Å². The molecule has 30 heavy (non-hydrogen) atoms. The molecule has 5 rings (SSSR count). The molecule has 1 aliphatic heterocycles. The maximum Gasteiger partial charge on any atom is 0.226 e. The summed E-state index contributed by atoms with van der Waals surface area (Å²) < 4.78 is 1.73. The first-order valence-electron chi connectivity index (χ1n) is 9.68. The van der Waals surface area contributed by atoms with E-state index in [4.69, 9.17) is 33.3 Å². The van der Waals surface area contributed by atoms with E-state index in [0.29, 0.717) is 33.8 Å². The lowest BCUT2D eigenvalue weighted by molar-refractivity contribution is -0.118. The molecule has 8 heteroatoms. The van der Waals surface area contributed by atoms with Crippen LogP contribution in [0.15, 0.2) is 54.0 Å². The number of fused-ring (bicyclic) bond motifs is 1. The Bertz CT molecular complexity index is 1200. The summed E-state index contributed by atoms with van der Waals surface area (Å²) in [5, 5.41) is 8.94. The van der Waals surface area contributed by atoms with E-state index in [9.17, 15) is 4.79 Å². The van der Waals surface area contributed by atoms with Crippen LogP contribution in [-0.4, -0.2) is 25.5 Å². The molecular weight excluding hydrogens is 421 g/mol. The number of rotatable bonds is 2. The standard InChI is InChI=1S/C22H19Cl2N5O/c1-22(2)9-15-17(16(30)10-22)19(13-6-3-7-14(23)18(13)24)29-21(26-15)27-20(28-29)12-5-4-8-25-11-12/h3-8,11,19H,9-10H2,1-2H3,(H,26,27,28). The topological polar surface area (TPSA) is 72.7 Å². The minimum atomic E-state index is -0.496. The number of allylic oxidation sites excluding steroid dienone is 2. The summed E-state index contributed by atoms with van der Waals surface area (Å²) in [5.41, 5.74) is 2.93. The highest BCUT2D eigenvalue weighted by atomic mass is 35.5. The van der Waals surface area contributed by atoms with Gasteiger partial charge >= 0.3 is 0 Å². The largest absolute Gasteiger partial charge is 0.328 e. The molecule has 0 saturated heterocycles. The van der Waals surface area contributed by atoms with Gasteiger partial charge in [-0.3, -0.25) is 9.78 Å². The van der Waals surface area contributed by atoms with Gasteiger partial charge < -0.3 is 5.32 Å². The maximum atomic E-state index is 13.3. The number of carbonyl (C=O) groups is 1. The zero-order chi connectivity index (χ0) is 21.0. The van der Waals surface area contributed by atoms with Crippen LogP contribution < -0.4 is 5.32 Å². The third-order valence-electron chi connectivity index (χ3n) is 5.53. The molecule has 3 aromatic rings. The van der Waals surface area contributed by atoms with Crippen LogP contribution in [0.3, 0.4) is 0 Å². The monoisotopic (exact) mass is 439 g/mol. The number of benzene rings is 1. The van der Waals surface area contributed by atoms with Gasteiger partial charge in [-0.15, -0.1) is 5.10 Å². The second kappa shape index (κ2) is 6.93. The molecule has 1 aromatic carbocycles. The lowest BCUT2D eigenvalue weighted by Crippen LogP contribution is -2.36. The Balaban J connectivity index is 1.73. The molecule has 2 aliphatic rings. The van der Waals surface area contributed by atoms with E-state index in [0.717, 1.165) is 23.2 Å². The number of nitrogens with zero attached hydrogens (tertiary/aromatic N) is 4. The third kappa shape index (κ3) is 3.11. The Kier molecular flexibility index (Phi) is 4.45. The quantitative estimate of drug-likeness (QED) is 0.585. The van der Waals surface area contributed by atoms with Gasteiger partial charge in [0, 0.05) is 41.2 Å². The second-order valence-electron chi connectivity index (χ2n) is 8.45. The Morgan fingerprint density at radius 1 is 1.17 bits per heavy atom. The van der Waals surface area contributed by atoms with Gasteiger partial charge in [-0.2, -0.15) is 4.98 Å². The maximum absolute atomic E-state index is 13.3. The molecule has 1 unspecified atom stereocenters. The smallest absolute Gasteiger partial charge is 0.226 e. The fourth-order valence-electron chi connectivity index (χ4n) is 4.25. The number of hydrogen-bond donors (Lipinski definition) is 1. The van der Waals surface area contributed by atoms with Crippen molar-refractivity contribution >= 4 is 34.9 Å². The Morgan fingerprint density at radius 2 is 2.00 bits per heavy atom. The van der Waals surface area contributed by atoms with Crippen LogP contribution in [0.5, 0.6) is 0 Å². The fourth-order valence-corrected chi connectivity index (χ4v) is 4.66. The van der Waals surface area contributed by atoms with Crippen LogP contribution in [0.4, 0.5) is 5.95 Å². The molecule has 0 bridgehead atoms. The molecule has 3 heterocycles. The average Bonchev–Trinajstić information content (AvgIpc) is 3.12. The summed E-state index contributed by atoms with van der Waals surface area (Å²) in [6.45, 7) is 4.19. The van der Waals surface area contributed by atoms with Gasteiger partial charge in [-0.1, -0.05) is 49.2 Å². The minimum Gasteiger partial charge on any atom is -0.328 e. The van der Waals surface area contributed by atoms with Crippen molar-refractivity contribution in [3.05, 3.63) is 69.6 Å². The van der Waals surface area contributed by atoms with Crippen molar-refractivity contribution < 1.29 is 4.79 Å². The molecule has 0 saturated carbocycles. The number of carbonyl (C=O) groups excluding carboxylic acids is 1. The van der Waals surface area contributed by atoms with Crippen molar-refractivity contribution in [2.45, 2.75) is 32.7 Å². The number of Topliss-reactive ketones (excluding diaryl/α,β-unsaturated/α-hetero) is 1. The van der Waals surface area contributed by atoms with Crippen LogP contribution in [0.25, 0.3) is 11.4 Å². The van der Waals surface area contributed by atoms with Gasteiger partial charge in [0.15, 0.2) is 11.6 Å². The number of halogens is 2. The number of anilines is 1. The summed E-state index contributed by atoms with van der Waals surface area (Å²) in [7, 11) is 0. The first kappa shape index (κ1) is 19.3. The molecular formula is C22H19Cl2N5O. The van der Waals surface area contributed by atoms with Crippen molar-refractivity contribution in [3.8, 4) is 11.4 Å². The molecule has 1 N–H and O–H groups in total. The molecule has 2 aromatic heterocycles. The Morgan fingerprint density at radius 3 is 2.77 bits per heavy atom. The fraction of sp³-hybridized carbons (Fsp3) is 0.273. The van der Waals surface area contributed by atoms with Crippen molar-refractivity contribution in [2.24, 2.45) is 5.41 Å². The SMILES string of the molecule is CC1(C)CC(=O)C2=C(C1)Nc1nc(-c3cccnc3)nn1C2c1cccc(Cl)c1Cl. The van der Waals surface area contributed by atoms with Crippen molar-refractivity contribution in [2.75, 3.05) is 5.32 Å². The van der Waals surface area contributed by atoms with Crippen LogP contribution in [0, 0.1) is 5.41 Å². The van der Waals surface area contributed by atoms with Crippen LogP contribution in [-0.2, 0) is 4.79 Å². The molecule has 152 valence electrons. The van der Waals surface area contributed by atoms with E-state index in [-0.39, 0.29) is 11.2 Å². The summed E-state index contributed by atoms with van der Waals surface area (Å²) in [4.78, 5) is 22.1. The van der Waals surface area contributed by atoms with Crippen LogP contribution >= 0.6 is 23.2 Å². The van der Waals surface area contributed by atoms with Gasteiger partial charge in [-0.25, -0.2) is 4.68 Å². The Labute approximate surface area is 183 Å². The first-order chi connectivity index (χ1) is 14.3. The molecule has 1 aliphatic carbocycles. The third-order valence-corrected chi connectivity index (χ3v) is 6.36. The highest BCUT2D eigenvalue weighted by Crippen LogP contribution is 2.47. The average molecular weight is 440 g/mol. The first-order valence-corrected chi connectivity index (χ1v) is 10.4. The lowest BCUT2D eigenvalue weighted by Gasteiger charge is -2.38. The summed E-state index contributed by atoms with van der Waals surface area (Å²) in [6.07, 6.45) is 4.61. The minimum absolute atomic E-state index is 0.0823. The second-order valence-corrected chi connectivity index (χ2v) is 9.23. The van der Waals surface area contributed by atoms with Gasteiger partial charge in [0.05, 0.1) is 10.0 Å². The number of hydrogen-bond acceptors (Lipinski definition) is 5. The zero-order valence-electron chi connectivity index (χ0n) is 16.5. The Hall–Kier alpha value is -2.70. The molecule has 0 fully saturated rings. The van der Waals surface area contributed by atoms with E-state index in [1.165, 1.54) is 0 Å². The molecule has 1 atom stereocenters. The van der Waals surface area contributed by atoms with E-state index >= 15 is 0 Å². The van der Waals surface area contributed by atoms with E-state index < -0.39 is 6.04 Å². The van der Waals surface area contributed by atoms with E-state index in [1.807, 2.05) is 24.3 Å². The van der Waals surface area contributed by atoms with Crippen LogP contribution in [0.1, 0.15) is 38.3 Å². The molecule has 6 nitrogen and oxygen atoms in total. The van der Waals surface area contributed by atoms with Crippen LogP contribution in [0.2, 0.25) is 10.0 Å². The van der Waals surface area contributed by atoms with Gasteiger partial charge in [0.25, 0.3) is 0 Å². The number of aromatic nitrogens is 4. The molecule has 0 radical (unpaired) electrons. The van der Waals surface area contributed by atoms with E-state index in [1.54, 1.807) is 23.1 Å². The molecule has 0 spiro atoms. The highest BCUT2D eigenvalue weighted by Gasteiger charge is 2.42. The predicted molar refractivity (Wildman–Crippen MR) is 117 cm³/mol. The lowest BCUT2D eigenvalue weighted by atomic mass is 9.73. The zero-order valence-corrected chi connectivity index (χ0v) is 18.0. The summed E-state index contributed by atoms with van der Waals surface area (Å²) >= 11 is 12.9. The van der Waals surface area contributed by atoms with E-state index in [2.05, 4.69) is 24.1 Å². The number of nitrogens with one attached hydrogen (secondary N) is 1. The summed E-state index contributed by atoms with van der Waals surface area (Å²) in [6, 6.07) is 8.70. The molecule has 0 amide bonds. The summed E-state index contributed by atoms with van der Waals surface area (Å²) in [5.74, 6) is 1.18. The number of pyridine rings is 1. The van der Waals surface area contributed by atoms with Crippen molar-refractivity contribution in [1.82, 2.24) is 19.7 Å². The van der Waals surface area contributed by atoms with Gasteiger partial charge in [-0.05, 0) is 30.0 Å². The normalized spacial score (nSPS) is 19.9. The van der Waals surface area contributed by atoms with Crippen molar-refractivity contribution in [1.29, 1.82) is 0 Å². The van der Waals surface area contributed by atoms with Crippen molar-refractivity contribution in [3.63, 3.8) is 0 Å².